The molecule has 1 saturated heterocycles. The van der Waals surface area contributed by atoms with E-state index in [9.17, 15) is 9.90 Å². The first kappa shape index (κ1) is 14.0. The van der Waals surface area contributed by atoms with Crippen LogP contribution in [-0.4, -0.2) is 28.7 Å². The zero-order valence-electron chi connectivity index (χ0n) is 12.0. The van der Waals surface area contributed by atoms with Gasteiger partial charge in [-0.3, -0.25) is 4.79 Å². The van der Waals surface area contributed by atoms with E-state index >= 15 is 0 Å². The van der Waals surface area contributed by atoms with Crippen molar-refractivity contribution in [2.45, 2.75) is 71.2 Å². The molecule has 1 heterocycles. The van der Waals surface area contributed by atoms with E-state index in [0.717, 1.165) is 19.3 Å². The maximum absolute atomic E-state index is 12.1. The lowest BCUT2D eigenvalue weighted by atomic mass is 9.70. The summed E-state index contributed by atoms with van der Waals surface area (Å²) in [6.07, 6.45) is 3.12. The molecule has 0 aromatic carbocycles. The molecule has 0 spiro atoms. The van der Waals surface area contributed by atoms with Gasteiger partial charge in [0.1, 0.15) is 5.60 Å². The molecule has 18 heavy (non-hydrogen) atoms. The van der Waals surface area contributed by atoms with Crippen LogP contribution < -0.4 is 0 Å². The number of ether oxygens (including phenoxy) is 1. The normalized spacial score (nSPS) is 44.9. The molecule has 2 aliphatic rings. The highest BCUT2D eigenvalue weighted by Gasteiger charge is 2.43. The van der Waals surface area contributed by atoms with Crippen LogP contribution in [0.25, 0.3) is 0 Å². The molecule has 0 aromatic rings. The topological polar surface area (TPSA) is 46.5 Å². The Hall–Kier alpha value is -0.410. The van der Waals surface area contributed by atoms with E-state index in [1.807, 2.05) is 13.8 Å². The molecular formula is C15H26O3. The minimum Gasteiger partial charge on any atom is -0.393 e. The Balaban J connectivity index is 2.20. The summed E-state index contributed by atoms with van der Waals surface area (Å²) in [6.45, 7) is 8.04. The van der Waals surface area contributed by atoms with Crippen molar-refractivity contribution in [1.29, 1.82) is 0 Å². The molecule has 2 fully saturated rings. The van der Waals surface area contributed by atoms with E-state index in [1.54, 1.807) is 0 Å². The lowest BCUT2D eigenvalue weighted by Gasteiger charge is -2.45. The average molecular weight is 254 g/mol. The molecule has 1 saturated carbocycles. The van der Waals surface area contributed by atoms with Gasteiger partial charge in [-0.1, -0.05) is 13.8 Å². The molecule has 4 unspecified atom stereocenters. The molecule has 2 rings (SSSR count). The van der Waals surface area contributed by atoms with Crippen molar-refractivity contribution in [3.63, 3.8) is 0 Å². The first-order valence-corrected chi connectivity index (χ1v) is 7.20. The second kappa shape index (κ2) is 4.93. The summed E-state index contributed by atoms with van der Waals surface area (Å²) in [7, 11) is 0. The lowest BCUT2D eigenvalue weighted by molar-refractivity contribution is -0.171. The molecule has 0 radical (unpaired) electrons. The quantitative estimate of drug-likeness (QED) is 0.722. The fraction of sp³-hybridized carbons (Fsp3) is 0.933. The molecule has 0 bridgehead atoms. The Morgan fingerprint density at radius 2 is 1.89 bits per heavy atom. The minimum atomic E-state index is -0.662. The number of rotatable bonds is 0. The van der Waals surface area contributed by atoms with Crippen LogP contribution in [0.2, 0.25) is 0 Å². The summed E-state index contributed by atoms with van der Waals surface area (Å²) in [6, 6.07) is 0. The molecule has 5 atom stereocenters. The maximum Gasteiger partial charge on any atom is 0.164 e. The summed E-state index contributed by atoms with van der Waals surface area (Å²) in [5.41, 5.74) is -0.662. The van der Waals surface area contributed by atoms with Crippen molar-refractivity contribution in [1.82, 2.24) is 0 Å². The van der Waals surface area contributed by atoms with Crippen molar-refractivity contribution in [3.8, 4) is 0 Å². The molecule has 0 amide bonds. The third-order valence-corrected chi connectivity index (χ3v) is 4.93. The molecule has 104 valence electrons. The third kappa shape index (κ3) is 2.62. The molecule has 1 N–H and O–H groups in total. The van der Waals surface area contributed by atoms with Gasteiger partial charge in [0.25, 0.3) is 0 Å². The lowest BCUT2D eigenvalue weighted by Crippen LogP contribution is -2.49. The van der Waals surface area contributed by atoms with Crippen molar-refractivity contribution in [2.75, 3.05) is 0 Å². The zero-order valence-corrected chi connectivity index (χ0v) is 12.0. The number of ketones is 1. The van der Waals surface area contributed by atoms with Gasteiger partial charge in [-0.05, 0) is 50.9 Å². The van der Waals surface area contributed by atoms with Crippen LogP contribution >= 0.6 is 0 Å². The van der Waals surface area contributed by atoms with E-state index in [0.29, 0.717) is 18.3 Å². The molecule has 0 aromatic heterocycles. The van der Waals surface area contributed by atoms with Gasteiger partial charge in [-0.25, -0.2) is 0 Å². The van der Waals surface area contributed by atoms with Crippen molar-refractivity contribution in [3.05, 3.63) is 0 Å². The predicted octanol–water partition coefficient (Wildman–Crippen LogP) is 2.56. The van der Waals surface area contributed by atoms with Gasteiger partial charge in [0, 0.05) is 6.42 Å². The number of carbonyl (C=O) groups is 1. The Bertz CT molecular complexity index is 324. The van der Waals surface area contributed by atoms with E-state index in [4.69, 9.17) is 4.74 Å². The van der Waals surface area contributed by atoms with Gasteiger partial charge in [0.15, 0.2) is 5.78 Å². The highest BCUT2D eigenvalue weighted by Crippen LogP contribution is 2.41. The first-order chi connectivity index (χ1) is 8.31. The Morgan fingerprint density at radius 1 is 1.22 bits per heavy atom. The monoisotopic (exact) mass is 254 g/mol. The van der Waals surface area contributed by atoms with E-state index < -0.39 is 5.60 Å². The number of aliphatic hydroxyl groups excluding tert-OH is 1. The smallest absolute Gasteiger partial charge is 0.164 e. The zero-order chi connectivity index (χ0) is 13.5. The molecule has 1 aliphatic carbocycles. The SMILES string of the molecule is CC1CC2OC(C)(C)C(=O)CC[C@@H](C)C2CC1O. The summed E-state index contributed by atoms with van der Waals surface area (Å²) < 4.78 is 6.12. The predicted molar refractivity (Wildman–Crippen MR) is 70.3 cm³/mol. The summed E-state index contributed by atoms with van der Waals surface area (Å²) in [5.74, 6) is 1.33. The Morgan fingerprint density at radius 3 is 2.56 bits per heavy atom. The number of hydrogen-bond acceptors (Lipinski definition) is 3. The molecule has 1 aliphatic heterocycles. The number of Topliss-reactive ketones (excluding diaryl/α,β-unsaturated/α-hetero) is 1. The second-order valence-electron chi connectivity index (χ2n) is 6.79. The first-order valence-electron chi connectivity index (χ1n) is 7.20. The number of aliphatic hydroxyl groups is 1. The third-order valence-electron chi connectivity index (χ3n) is 4.93. The Kier molecular flexibility index (Phi) is 3.84. The Labute approximate surface area is 110 Å². The van der Waals surface area contributed by atoms with E-state index in [1.165, 1.54) is 0 Å². The van der Waals surface area contributed by atoms with Crippen molar-refractivity contribution in [2.24, 2.45) is 17.8 Å². The van der Waals surface area contributed by atoms with Gasteiger partial charge in [0.05, 0.1) is 12.2 Å². The highest BCUT2D eigenvalue weighted by molar-refractivity contribution is 5.86. The van der Waals surface area contributed by atoms with Crippen LogP contribution in [0.5, 0.6) is 0 Å². The molecular weight excluding hydrogens is 228 g/mol. The molecule has 3 nitrogen and oxygen atoms in total. The van der Waals surface area contributed by atoms with Gasteiger partial charge in [-0.15, -0.1) is 0 Å². The van der Waals surface area contributed by atoms with Crippen LogP contribution in [0.15, 0.2) is 0 Å². The van der Waals surface area contributed by atoms with Crippen LogP contribution in [0.1, 0.15) is 53.4 Å². The number of fused-ring (bicyclic) bond motifs is 1. The standard InChI is InChI=1S/C15H26O3/c1-9-5-6-14(17)15(3,4)18-13-7-10(2)12(16)8-11(9)13/h9-13,16H,5-8H2,1-4H3/t9-,10?,11?,12?,13?/m1/s1. The van der Waals surface area contributed by atoms with E-state index in [2.05, 4.69) is 13.8 Å². The van der Waals surface area contributed by atoms with Gasteiger partial charge in [0.2, 0.25) is 0 Å². The second-order valence-corrected chi connectivity index (χ2v) is 6.79. The van der Waals surface area contributed by atoms with Crippen molar-refractivity contribution < 1.29 is 14.6 Å². The van der Waals surface area contributed by atoms with Crippen LogP contribution in [0, 0.1) is 17.8 Å². The van der Waals surface area contributed by atoms with Gasteiger partial charge >= 0.3 is 0 Å². The average Bonchev–Trinajstić information content (AvgIpc) is 2.28. The van der Waals surface area contributed by atoms with Crippen LogP contribution in [0.3, 0.4) is 0 Å². The van der Waals surface area contributed by atoms with Crippen molar-refractivity contribution >= 4 is 5.78 Å². The van der Waals surface area contributed by atoms with Crippen LogP contribution in [-0.2, 0) is 9.53 Å². The molecule has 3 heteroatoms. The van der Waals surface area contributed by atoms with Gasteiger partial charge in [-0.2, -0.15) is 0 Å². The number of carbonyl (C=O) groups excluding carboxylic acids is 1. The number of hydrogen-bond donors (Lipinski definition) is 1. The van der Waals surface area contributed by atoms with Gasteiger partial charge < -0.3 is 9.84 Å². The largest absolute Gasteiger partial charge is 0.393 e. The summed E-state index contributed by atoms with van der Waals surface area (Å²) in [4.78, 5) is 12.1. The summed E-state index contributed by atoms with van der Waals surface area (Å²) >= 11 is 0. The highest BCUT2D eigenvalue weighted by atomic mass is 16.5. The summed E-state index contributed by atoms with van der Waals surface area (Å²) in [5, 5.41) is 10.1. The fourth-order valence-electron chi connectivity index (χ4n) is 3.41. The fourth-order valence-corrected chi connectivity index (χ4v) is 3.41. The van der Waals surface area contributed by atoms with E-state index in [-0.39, 0.29) is 23.9 Å². The maximum atomic E-state index is 12.1. The minimum absolute atomic E-state index is 0.123. The van der Waals surface area contributed by atoms with Crippen LogP contribution in [0.4, 0.5) is 0 Å².